The molecule has 0 aliphatic heterocycles. The summed E-state index contributed by atoms with van der Waals surface area (Å²) in [7, 11) is 6.51. The van der Waals surface area contributed by atoms with E-state index in [0.29, 0.717) is 30.5 Å². The van der Waals surface area contributed by atoms with E-state index in [4.69, 9.17) is 9.47 Å². The van der Waals surface area contributed by atoms with Crippen molar-refractivity contribution < 1.29 is 19.0 Å². The molecule has 0 N–H and O–H groups in total. The van der Waals surface area contributed by atoms with E-state index in [-0.39, 0.29) is 6.09 Å². The second-order valence-corrected chi connectivity index (χ2v) is 5.31. The molecule has 134 valence electrons. The first-order chi connectivity index (χ1) is 12.0. The van der Waals surface area contributed by atoms with Crippen LogP contribution in [-0.4, -0.2) is 62.4 Å². The molecule has 1 aromatic carbocycles. The Kier molecular flexibility index (Phi) is 6.39. The van der Waals surface area contributed by atoms with Gasteiger partial charge in [0.25, 0.3) is 0 Å². The minimum Gasteiger partial charge on any atom is -0.497 e. The number of carbonyl (C=O) groups excluding carboxylic acids is 1. The first-order valence-electron chi connectivity index (χ1n) is 7.67. The van der Waals surface area contributed by atoms with Gasteiger partial charge in [0.05, 0.1) is 26.6 Å². The maximum absolute atomic E-state index is 11.4. The Balaban J connectivity index is 1.98. The predicted octanol–water partition coefficient (Wildman–Crippen LogP) is 2.41. The van der Waals surface area contributed by atoms with Gasteiger partial charge in [-0.15, -0.1) is 0 Å². The number of hydrogen-bond donors (Lipinski definition) is 0. The van der Waals surface area contributed by atoms with Crippen LogP contribution >= 0.6 is 0 Å². The van der Waals surface area contributed by atoms with Gasteiger partial charge in [-0.2, -0.15) is 4.98 Å². The van der Waals surface area contributed by atoms with E-state index < -0.39 is 0 Å². The summed E-state index contributed by atoms with van der Waals surface area (Å²) in [5, 5.41) is 0. The molecule has 0 unspecified atom stereocenters. The van der Waals surface area contributed by atoms with Crippen LogP contribution in [0.5, 0.6) is 17.4 Å². The highest BCUT2D eigenvalue weighted by atomic mass is 16.5. The summed E-state index contributed by atoms with van der Waals surface area (Å²) in [6.45, 7) is 1.07. The first-order valence-corrected chi connectivity index (χ1v) is 7.67. The molecule has 8 heteroatoms. The lowest BCUT2D eigenvalue weighted by Gasteiger charge is -2.22. The molecular weight excluding hydrogens is 324 g/mol. The number of hydrogen-bond acceptors (Lipinski definition) is 7. The van der Waals surface area contributed by atoms with Gasteiger partial charge in [-0.25, -0.2) is 4.79 Å². The van der Waals surface area contributed by atoms with Gasteiger partial charge in [0, 0.05) is 27.2 Å². The molecule has 1 heterocycles. The zero-order chi connectivity index (χ0) is 18.2. The van der Waals surface area contributed by atoms with E-state index in [1.807, 2.05) is 11.9 Å². The van der Waals surface area contributed by atoms with Crippen LogP contribution in [0, 0.1) is 0 Å². The highest BCUT2D eigenvalue weighted by Gasteiger charge is 2.11. The number of methoxy groups -OCH3 is 2. The summed E-state index contributed by atoms with van der Waals surface area (Å²) >= 11 is 0. The van der Waals surface area contributed by atoms with Gasteiger partial charge in [-0.1, -0.05) is 0 Å². The Morgan fingerprint density at radius 1 is 1.04 bits per heavy atom. The SMILES string of the molecule is COC(=O)N(C)CCN(C)c1cncc(Oc2ccc(OC)cc2)n1. The minimum absolute atomic E-state index is 0.379. The fraction of sp³-hybridized carbons (Fsp3) is 0.353. The molecule has 1 aromatic heterocycles. The van der Waals surface area contributed by atoms with Crippen molar-refractivity contribution >= 4 is 11.9 Å². The Morgan fingerprint density at radius 3 is 2.36 bits per heavy atom. The van der Waals surface area contributed by atoms with Gasteiger partial charge in [0.2, 0.25) is 5.88 Å². The van der Waals surface area contributed by atoms with Crippen LogP contribution < -0.4 is 14.4 Å². The first kappa shape index (κ1) is 18.3. The summed E-state index contributed by atoms with van der Waals surface area (Å²) in [6, 6.07) is 7.20. The second kappa shape index (κ2) is 8.72. The molecule has 25 heavy (non-hydrogen) atoms. The van der Waals surface area contributed by atoms with Crippen molar-refractivity contribution in [2.24, 2.45) is 0 Å². The number of nitrogens with zero attached hydrogens (tertiary/aromatic N) is 4. The summed E-state index contributed by atoms with van der Waals surface area (Å²) in [5.74, 6) is 2.42. The van der Waals surface area contributed by atoms with Gasteiger partial charge in [-0.05, 0) is 24.3 Å². The lowest BCUT2D eigenvalue weighted by molar-refractivity contribution is 0.134. The highest BCUT2D eigenvalue weighted by molar-refractivity contribution is 5.67. The Labute approximate surface area is 147 Å². The van der Waals surface area contributed by atoms with E-state index in [1.165, 1.54) is 12.0 Å². The average Bonchev–Trinajstić information content (AvgIpc) is 2.66. The molecule has 0 bridgehead atoms. The number of likely N-dealkylation sites (N-methyl/N-ethyl adjacent to an activating group) is 2. The molecule has 0 spiro atoms. The molecule has 0 saturated carbocycles. The summed E-state index contributed by atoms with van der Waals surface area (Å²) in [5.41, 5.74) is 0. The molecule has 1 amide bonds. The monoisotopic (exact) mass is 346 g/mol. The zero-order valence-corrected chi connectivity index (χ0v) is 14.8. The van der Waals surface area contributed by atoms with Crippen LogP contribution in [0.3, 0.4) is 0 Å². The van der Waals surface area contributed by atoms with Crippen molar-refractivity contribution in [2.75, 3.05) is 46.3 Å². The van der Waals surface area contributed by atoms with E-state index in [9.17, 15) is 4.79 Å². The van der Waals surface area contributed by atoms with Gasteiger partial charge >= 0.3 is 6.09 Å². The van der Waals surface area contributed by atoms with E-state index >= 15 is 0 Å². The Morgan fingerprint density at radius 2 is 1.72 bits per heavy atom. The second-order valence-electron chi connectivity index (χ2n) is 5.31. The maximum Gasteiger partial charge on any atom is 0.409 e. The molecule has 0 saturated heterocycles. The van der Waals surface area contributed by atoms with Crippen molar-refractivity contribution in [1.29, 1.82) is 0 Å². The number of aromatic nitrogens is 2. The minimum atomic E-state index is -0.379. The number of amides is 1. The van der Waals surface area contributed by atoms with E-state index in [0.717, 1.165) is 5.75 Å². The molecular formula is C17H22N4O4. The van der Waals surface area contributed by atoms with Crippen LogP contribution in [0.2, 0.25) is 0 Å². The quantitative estimate of drug-likeness (QED) is 0.762. The normalized spacial score (nSPS) is 10.1. The smallest absolute Gasteiger partial charge is 0.409 e. The van der Waals surface area contributed by atoms with E-state index in [1.54, 1.807) is 50.8 Å². The molecule has 2 aromatic rings. The molecule has 8 nitrogen and oxygen atoms in total. The highest BCUT2D eigenvalue weighted by Crippen LogP contribution is 2.23. The Bertz CT molecular complexity index is 693. The third kappa shape index (κ3) is 5.23. The fourth-order valence-corrected chi connectivity index (χ4v) is 2.00. The van der Waals surface area contributed by atoms with Crippen LogP contribution in [0.4, 0.5) is 10.6 Å². The number of anilines is 1. The number of carbonyl (C=O) groups is 1. The molecule has 0 fully saturated rings. The van der Waals surface area contributed by atoms with Crippen molar-refractivity contribution in [1.82, 2.24) is 14.9 Å². The van der Waals surface area contributed by atoms with Crippen LogP contribution in [-0.2, 0) is 4.74 Å². The van der Waals surface area contributed by atoms with Crippen molar-refractivity contribution in [3.8, 4) is 17.4 Å². The van der Waals surface area contributed by atoms with Crippen molar-refractivity contribution in [3.63, 3.8) is 0 Å². The molecule has 0 atom stereocenters. The number of rotatable bonds is 7. The molecule has 2 rings (SSSR count). The van der Waals surface area contributed by atoms with Gasteiger partial charge < -0.3 is 24.0 Å². The van der Waals surface area contributed by atoms with Gasteiger partial charge in [-0.3, -0.25) is 4.98 Å². The largest absolute Gasteiger partial charge is 0.497 e. The lowest BCUT2D eigenvalue weighted by atomic mass is 10.3. The molecule has 0 aliphatic carbocycles. The maximum atomic E-state index is 11.4. The summed E-state index contributed by atoms with van der Waals surface area (Å²) in [6.07, 6.45) is 2.80. The third-order valence-electron chi connectivity index (χ3n) is 3.53. The lowest BCUT2D eigenvalue weighted by Crippen LogP contribution is -2.35. The average molecular weight is 346 g/mol. The number of benzene rings is 1. The van der Waals surface area contributed by atoms with Gasteiger partial charge in [0.15, 0.2) is 5.82 Å². The van der Waals surface area contributed by atoms with Crippen molar-refractivity contribution in [2.45, 2.75) is 0 Å². The van der Waals surface area contributed by atoms with E-state index in [2.05, 4.69) is 14.7 Å². The fourth-order valence-electron chi connectivity index (χ4n) is 2.00. The van der Waals surface area contributed by atoms with Crippen LogP contribution in [0.25, 0.3) is 0 Å². The summed E-state index contributed by atoms with van der Waals surface area (Å²) < 4.78 is 15.5. The van der Waals surface area contributed by atoms with Gasteiger partial charge in [0.1, 0.15) is 11.5 Å². The number of ether oxygens (including phenoxy) is 3. The topological polar surface area (TPSA) is 77.0 Å². The standard InChI is InChI=1S/C17H22N4O4/c1-20(9-10-21(2)17(22)24-4)15-11-18-12-16(19-15)25-14-7-5-13(23-3)6-8-14/h5-8,11-12H,9-10H2,1-4H3. The Hall–Kier alpha value is -3.03. The van der Waals surface area contributed by atoms with Crippen LogP contribution in [0.1, 0.15) is 0 Å². The van der Waals surface area contributed by atoms with Crippen molar-refractivity contribution in [3.05, 3.63) is 36.7 Å². The molecule has 0 radical (unpaired) electrons. The third-order valence-corrected chi connectivity index (χ3v) is 3.53. The van der Waals surface area contributed by atoms with Crippen LogP contribution in [0.15, 0.2) is 36.7 Å². The summed E-state index contributed by atoms with van der Waals surface area (Å²) in [4.78, 5) is 23.3. The zero-order valence-electron chi connectivity index (χ0n) is 14.8. The predicted molar refractivity (Wildman–Crippen MR) is 93.4 cm³/mol. The molecule has 0 aliphatic rings.